The third-order valence-electron chi connectivity index (χ3n) is 3.88. The van der Waals surface area contributed by atoms with Crippen molar-refractivity contribution in [1.82, 2.24) is 9.97 Å². The average molecular weight is 318 g/mol. The summed E-state index contributed by atoms with van der Waals surface area (Å²) in [5.41, 5.74) is 1.08. The number of halogens is 1. The molecule has 1 aliphatic heterocycles. The van der Waals surface area contributed by atoms with Crippen molar-refractivity contribution >= 4 is 17.5 Å². The first-order valence-electron chi connectivity index (χ1n) is 7.63. The lowest BCUT2D eigenvalue weighted by Crippen LogP contribution is -2.38. The molecule has 0 saturated carbocycles. The Morgan fingerprint density at radius 2 is 2.05 bits per heavy atom. The van der Waals surface area contributed by atoms with Gasteiger partial charge in [0, 0.05) is 31.4 Å². The maximum atomic E-state index is 6.13. The van der Waals surface area contributed by atoms with Gasteiger partial charge in [0.1, 0.15) is 5.75 Å². The number of para-hydroxylation sites is 1. The lowest BCUT2D eigenvalue weighted by molar-refractivity contribution is 0.228. The van der Waals surface area contributed by atoms with Crippen LogP contribution >= 0.6 is 11.6 Å². The predicted molar refractivity (Wildman–Crippen MR) is 88.7 cm³/mol. The number of hydrogen-bond donors (Lipinski definition) is 0. The van der Waals surface area contributed by atoms with Crippen LogP contribution in [0.15, 0.2) is 36.7 Å². The van der Waals surface area contributed by atoms with E-state index in [9.17, 15) is 0 Å². The van der Waals surface area contributed by atoms with Gasteiger partial charge in [-0.2, -0.15) is 0 Å². The summed E-state index contributed by atoms with van der Waals surface area (Å²) in [7, 11) is 0. The van der Waals surface area contributed by atoms with Crippen LogP contribution in [0.3, 0.4) is 0 Å². The molecule has 3 rings (SSSR count). The second-order valence-corrected chi connectivity index (χ2v) is 6.16. The fraction of sp³-hybridized carbons (Fsp3) is 0.412. The first-order valence-corrected chi connectivity index (χ1v) is 8.01. The maximum absolute atomic E-state index is 6.13. The van der Waals surface area contributed by atoms with Gasteiger partial charge in [0.2, 0.25) is 5.95 Å². The zero-order valence-corrected chi connectivity index (χ0v) is 13.5. The molecule has 0 N–H and O–H groups in total. The molecular formula is C17H20ClN3O. The Balaban J connectivity index is 1.59. The van der Waals surface area contributed by atoms with Crippen molar-refractivity contribution < 1.29 is 4.74 Å². The van der Waals surface area contributed by atoms with Crippen LogP contribution in [0.4, 0.5) is 5.95 Å². The van der Waals surface area contributed by atoms with Crippen LogP contribution < -0.4 is 9.64 Å². The number of aromatic nitrogens is 2. The summed E-state index contributed by atoms with van der Waals surface area (Å²) in [5.74, 6) is 2.04. The highest BCUT2D eigenvalue weighted by Gasteiger charge is 2.22. The molecule has 1 unspecified atom stereocenters. The predicted octanol–water partition coefficient (Wildman–Crippen LogP) is 3.73. The fourth-order valence-electron chi connectivity index (χ4n) is 2.70. The van der Waals surface area contributed by atoms with Gasteiger partial charge in [-0.05, 0) is 37.5 Å². The van der Waals surface area contributed by atoms with Crippen LogP contribution in [-0.4, -0.2) is 29.7 Å². The second kappa shape index (κ2) is 6.97. The summed E-state index contributed by atoms with van der Waals surface area (Å²) in [6, 6.07) is 7.61. The molecular weight excluding hydrogens is 298 g/mol. The van der Waals surface area contributed by atoms with Crippen LogP contribution in [0.2, 0.25) is 5.02 Å². The first kappa shape index (κ1) is 15.1. The Kier molecular flexibility index (Phi) is 4.78. The van der Waals surface area contributed by atoms with Crippen molar-refractivity contribution in [3.63, 3.8) is 0 Å². The number of piperidine rings is 1. The van der Waals surface area contributed by atoms with Gasteiger partial charge in [-0.3, -0.25) is 0 Å². The third-order valence-corrected chi connectivity index (χ3v) is 4.19. The number of benzene rings is 1. The van der Waals surface area contributed by atoms with Gasteiger partial charge in [-0.25, -0.2) is 9.97 Å². The van der Waals surface area contributed by atoms with Crippen molar-refractivity contribution in [3.8, 4) is 5.75 Å². The highest BCUT2D eigenvalue weighted by Crippen LogP contribution is 2.26. The van der Waals surface area contributed by atoms with Crippen molar-refractivity contribution in [1.29, 1.82) is 0 Å². The normalized spacial score (nSPS) is 18.3. The number of rotatable bonds is 4. The fourth-order valence-corrected chi connectivity index (χ4v) is 2.89. The monoisotopic (exact) mass is 317 g/mol. The Bertz CT molecular complexity index is 618. The summed E-state index contributed by atoms with van der Waals surface area (Å²) in [6.45, 7) is 4.60. The van der Waals surface area contributed by atoms with Crippen molar-refractivity contribution in [2.75, 3.05) is 24.6 Å². The van der Waals surface area contributed by atoms with E-state index in [1.165, 1.54) is 0 Å². The standard InChI is InChI=1S/C17H20ClN3O/c1-13-9-19-17(20-10-13)21-8-4-5-14(11-21)12-22-16-7-3-2-6-15(16)18/h2-3,6-7,9-10,14H,4-5,8,11-12H2,1H3. The smallest absolute Gasteiger partial charge is 0.225 e. The first-order chi connectivity index (χ1) is 10.7. The quantitative estimate of drug-likeness (QED) is 0.861. The van der Waals surface area contributed by atoms with Gasteiger partial charge >= 0.3 is 0 Å². The van der Waals surface area contributed by atoms with Gasteiger partial charge in [-0.15, -0.1) is 0 Å². The molecule has 1 fully saturated rings. The molecule has 4 nitrogen and oxygen atoms in total. The molecule has 22 heavy (non-hydrogen) atoms. The van der Waals surface area contributed by atoms with Gasteiger partial charge < -0.3 is 9.64 Å². The molecule has 1 saturated heterocycles. The molecule has 5 heteroatoms. The summed E-state index contributed by atoms with van der Waals surface area (Å²) < 4.78 is 5.88. The lowest BCUT2D eigenvalue weighted by atomic mass is 9.99. The van der Waals surface area contributed by atoms with Crippen LogP contribution in [-0.2, 0) is 0 Å². The molecule has 1 atom stereocenters. The van der Waals surface area contributed by atoms with Crippen LogP contribution in [0.25, 0.3) is 0 Å². The van der Waals surface area contributed by atoms with E-state index in [2.05, 4.69) is 14.9 Å². The molecule has 0 bridgehead atoms. The maximum Gasteiger partial charge on any atom is 0.225 e. The molecule has 116 valence electrons. The molecule has 0 radical (unpaired) electrons. The van der Waals surface area contributed by atoms with Crippen molar-refractivity contribution in [2.24, 2.45) is 5.92 Å². The van der Waals surface area contributed by atoms with E-state index in [0.717, 1.165) is 43.2 Å². The molecule has 0 aliphatic carbocycles. The summed E-state index contributed by atoms with van der Waals surface area (Å²) in [5, 5.41) is 0.664. The number of anilines is 1. The molecule has 0 spiro atoms. The van der Waals surface area contributed by atoms with Crippen molar-refractivity contribution in [2.45, 2.75) is 19.8 Å². The highest BCUT2D eigenvalue weighted by atomic mass is 35.5. The number of aryl methyl sites for hydroxylation is 1. The van der Waals surface area contributed by atoms with E-state index in [4.69, 9.17) is 16.3 Å². The minimum Gasteiger partial charge on any atom is -0.492 e. The van der Waals surface area contributed by atoms with Crippen LogP contribution in [0.1, 0.15) is 18.4 Å². The molecule has 1 aromatic heterocycles. The second-order valence-electron chi connectivity index (χ2n) is 5.76. The molecule has 0 amide bonds. The Morgan fingerprint density at radius 1 is 1.27 bits per heavy atom. The summed E-state index contributed by atoms with van der Waals surface area (Å²) in [6.07, 6.45) is 6.03. The van der Waals surface area contributed by atoms with Gasteiger partial charge in [0.25, 0.3) is 0 Å². The SMILES string of the molecule is Cc1cnc(N2CCCC(COc3ccccc3Cl)C2)nc1. The van der Waals surface area contributed by atoms with Crippen molar-refractivity contribution in [3.05, 3.63) is 47.2 Å². The highest BCUT2D eigenvalue weighted by molar-refractivity contribution is 6.32. The van der Waals surface area contributed by atoms with E-state index in [1.807, 2.05) is 43.6 Å². The van der Waals surface area contributed by atoms with E-state index in [1.54, 1.807) is 0 Å². The molecule has 2 heterocycles. The van der Waals surface area contributed by atoms with Crippen LogP contribution in [0.5, 0.6) is 5.75 Å². The Hall–Kier alpha value is -1.81. The number of ether oxygens (including phenoxy) is 1. The zero-order valence-electron chi connectivity index (χ0n) is 12.7. The largest absolute Gasteiger partial charge is 0.492 e. The zero-order chi connectivity index (χ0) is 15.4. The molecule has 2 aromatic rings. The summed E-state index contributed by atoms with van der Waals surface area (Å²) in [4.78, 5) is 11.1. The number of nitrogens with zero attached hydrogens (tertiary/aromatic N) is 3. The topological polar surface area (TPSA) is 38.2 Å². The van der Waals surface area contributed by atoms with E-state index in [0.29, 0.717) is 17.5 Å². The van der Waals surface area contributed by atoms with E-state index >= 15 is 0 Å². The Labute approximate surface area is 136 Å². The third kappa shape index (κ3) is 3.69. The molecule has 1 aromatic carbocycles. The lowest BCUT2D eigenvalue weighted by Gasteiger charge is -2.32. The minimum absolute atomic E-state index is 0.468. The van der Waals surface area contributed by atoms with Gasteiger partial charge in [0.15, 0.2) is 0 Å². The van der Waals surface area contributed by atoms with Gasteiger partial charge in [-0.1, -0.05) is 23.7 Å². The van der Waals surface area contributed by atoms with Gasteiger partial charge in [0.05, 0.1) is 11.6 Å². The minimum atomic E-state index is 0.468. The molecule has 1 aliphatic rings. The van der Waals surface area contributed by atoms with E-state index < -0.39 is 0 Å². The Morgan fingerprint density at radius 3 is 2.82 bits per heavy atom. The van der Waals surface area contributed by atoms with Crippen LogP contribution in [0, 0.1) is 12.8 Å². The summed E-state index contributed by atoms with van der Waals surface area (Å²) >= 11 is 6.13. The average Bonchev–Trinajstić information content (AvgIpc) is 2.55. The van der Waals surface area contributed by atoms with E-state index in [-0.39, 0.29) is 0 Å². The number of hydrogen-bond acceptors (Lipinski definition) is 4.